The van der Waals surface area contributed by atoms with Gasteiger partial charge in [0.15, 0.2) is 6.10 Å². The quantitative estimate of drug-likeness (QED) is 0.0148. The van der Waals surface area contributed by atoms with Gasteiger partial charge in [0.1, 0.15) is 43.2 Å². The van der Waals surface area contributed by atoms with Gasteiger partial charge in [0.05, 0.1) is 6.61 Å². The van der Waals surface area contributed by atoms with Crippen molar-refractivity contribution in [3.8, 4) is 0 Å². The van der Waals surface area contributed by atoms with E-state index in [1.54, 1.807) is 0 Å². The third-order valence-corrected chi connectivity index (χ3v) is 11.7. The molecule has 0 saturated heterocycles. The van der Waals surface area contributed by atoms with Crippen LogP contribution in [-0.2, 0) is 32.7 Å². The minimum atomic E-state index is -5.14. The van der Waals surface area contributed by atoms with Gasteiger partial charge in [-0.05, 0) is 25.7 Å². The molecule has 0 radical (unpaired) electrons. The van der Waals surface area contributed by atoms with Gasteiger partial charge in [-0.25, -0.2) is 4.57 Å². The first kappa shape index (κ1) is 57.6. The Morgan fingerprint density at radius 2 is 0.919 bits per heavy atom. The lowest BCUT2D eigenvalue weighted by Crippen LogP contribution is -2.64. The van der Waals surface area contributed by atoms with Gasteiger partial charge in [-0.15, -0.1) is 0 Å². The molecule has 0 aliphatic heterocycles. The SMILES string of the molecule is CC/C=C/C=C/C=C/C=C/C=C/CCCC(=O)OC(COC(=O)CCCCCCCCCCCCCCCCCCCCCC)COP(=O)(O)OC1C(O)C(O)C(O)[C@H](O)C1O. The maximum Gasteiger partial charge on any atom is 0.472 e. The normalized spacial score (nSPS) is 22.4. The molecule has 1 aliphatic carbocycles. The molecule has 1 fully saturated rings. The van der Waals surface area contributed by atoms with Crippen LogP contribution in [-0.4, -0.2) is 98.3 Å². The van der Waals surface area contributed by atoms with Gasteiger partial charge in [-0.1, -0.05) is 197 Å². The van der Waals surface area contributed by atoms with Crippen molar-refractivity contribution in [3.05, 3.63) is 60.8 Å². The van der Waals surface area contributed by atoms with E-state index in [0.29, 0.717) is 19.3 Å². The molecule has 1 aliphatic rings. The van der Waals surface area contributed by atoms with Crippen LogP contribution in [0.3, 0.4) is 0 Å². The average Bonchev–Trinajstić information content (AvgIpc) is 3.25. The maximum absolute atomic E-state index is 12.8. The number of hydrogen-bond acceptors (Lipinski definition) is 12. The predicted molar refractivity (Wildman–Crippen MR) is 244 cm³/mol. The number of ether oxygens (including phenoxy) is 2. The van der Waals surface area contributed by atoms with Gasteiger partial charge in [0.2, 0.25) is 0 Å². The number of unbranched alkanes of at least 4 members (excludes halogenated alkanes) is 20. The molecule has 62 heavy (non-hydrogen) atoms. The molecule has 0 aromatic rings. The Bertz CT molecular complexity index is 1320. The summed E-state index contributed by atoms with van der Waals surface area (Å²) in [5.41, 5.74) is 0. The summed E-state index contributed by atoms with van der Waals surface area (Å²) >= 11 is 0. The van der Waals surface area contributed by atoms with Crippen LogP contribution >= 0.6 is 7.82 Å². The standard InChI is InChI=1S/C48H83O13P/c1-3-5-7-9-11-13-15-17-18-19-20-21-22-23-25-26-28-30-32-34-36-41(49)58-38-40(39-59-62(56,57)61-48-46(54)44(52)43(51)45(53)47(48)55)60-42(50)37-35-33-31-29-27-24-16-14-12-10-8-6-4-2/h6,8,10,12,14,16,24,27,29,31,40,43-48,51-55H,3-5,7,9,11,13,15,17-23,25-26,28,30,32-39H2,1-2H3,(H,56,57)/b8-6+,12-10+,16-14+,27-24+,31-29+/t40?,43?,44-,45?,46?,47?,48?/m0/s1. The third kappa shape index (κ3) is 29.8. The summed E-state index contributed by atoms with van der Waals surface area (Å²) < 4.78 is 33.4. The second-order valence-electron chi connectivity index (χ2n) is 16.4. The fourth-order valence-corrected chi connectivity index (χ4v) is 7.94. The van der Waals surface area contributed by atoms with Crippen LogP contribution in [0.15, 0.2) is 60.8 Å². The Morgan fingerprint density at radius 1 is 0.516 bits per heavy atom. The van der Waals surface area contributed by atoms with E-state index in [1.807, 2.05) is 54.7 Å². The molecule has 0 amide bonds. The highest BCUT2D eigenvalue weighted by molar-refractivity contribution is 7.47. The minimum absolute atomic E-state index is 0.000273. The molecule has 8 atom stereocenters. The highest BCUT2D eigenvalue weighted by Crippen LogP contribution is 2.47. The van der Waals surface area contributed by atoms with Gasteiger partial charge < -0.3 is 39.9 Å². The van der Waals surface area contributed by atoms with Crippen molar-refractivity contribution in [1.29, 1.82) is 0 Å². The summed E-state index contributed by atoms with van der Waals surface area (Å²) in [6, 6.07) is 0. The number of aliphatic hydroxyl groups excluding tert-OH is 5. The molecular formula is C48H83O13P. The number of carbonyl (C=O) groups is 2. The van der Waals surface area contributed by atoms with Gasteiger partial charge in [0, 0.05) is 12.8 Å². The molecule has 1 saturated carbocycles. The number of esters is 2. The van der Waals surface area contributed by atoms with E-state index >= 15 is 0 Å². The Kier molecular flexibility index (Phi) is 35.2. The number of aliphatic hydroxyl groups is 5. The Morgan fingerprint density at radius 3 is 1.39 bits per heavy atom. The summed E-state index contributed by atoms with van der Waals surface area (Å²) in [5.74, 6) is -1.18. The second kappa shape index (κ2) is 37.9. The number of carbonyl (C=O) groups excluding carboxylic acids is 2. The van der Waals surface area contributed by atoms with E-state index in [4.69, 9.17) is 18.5 Å². The van der Waals surface area contributed by atoms with Gasteiger partial charge in [0.25, 0.3) is 0 Å². The number of phosphoric ester groups is 1. The zero-order chi connectivity index (χ0) is 45.7. The van der Waals surface area contributed by atoms with Crippen molar-refractivity contribution >= 4 is 19.8 Å². The monoisotopic (exact) mass is 899 g/mol. The minimum Gasteiger partial charge on any atom is -0.462 e. The number of allylic oxidation sites excluding steroid dienone is 10. The molecule has 0 spiro atoms. The fourth-order valence-electron chi connectivity index (χ4n) is 6.97. The zero-order valence-electron chi connectivity index (χ0n) is 37.9. The molecule has 0 bridgehead atoms. The Labute approximate surface area is 373 Å². The number of phosphoric acid groups is 1. The van der Waals surface area contributed by atoms with E-state index in [-0.39, 0.29) is 12.8 Å². The summed E-state index contributed by atoms with van der Waals surface area (Å²) in [6.07, 6.45) is 33.0. The zero-order valence-corrected chi connectivity index (χ0v) is 38.8. The van der Waals surface area contributed by atoms with Gasteiger partial charge >= 0.3 is 19.8 Å². The summed E-state index contributed by atoms with van der Waals surface area (Å²) in [4.78, 5) is 35.7. The lowest BCUT2D eigenvalue weighted by molar-refractivity contribution is -0.220. The predicted octanol–water partition coefficient (Wildman–Crippen LogP) is 9.33. The molecule has 0 aromatic carbocycles. The number of hydrogen-bond donors (Lipinski definition) is 6. The molecule has 0 aromatic heterocycles. The summed E-state index contributed by atoms with van der Waals surface area (Å²) in [7, 11) is -5.14. The van der Waals surface area contributed by atoms with Gasteiger partial charge in [-0.2, -0.15) is 0 Å². The summed E-state index contributed by atoms with van der Waals surface area (Å²) in [5, 5.41) is 50.1. The highest BCUT2D eigenvalue weighted by Gasteiger charge is 2.51. The average molecular weight is 899 g/mol. The molecule has 13 nitrogen and oxygen atoms in total. The lowest BCUT2D eigenvalue weighted by Gasteiger charge is -2.41. The molecule has 0 heterocycles. The van der Waals surface area contributed by atoms with Crippen LogP contribution in [0.5, 0.6) is 0 Å². The molecule has 6 N–H and O–H groups in total. The van der Waals surface area contributed by atoms with Crippen molar-refractivity contribution in [2.45, 2.75) is 217 Å². The largest absolute Gasteiger partial charge is 0.472 e. The molecular weight excluding hydrogens is 815 g/mol. The molecule has 1 rings (SSSR count). The lowest BCUT2D eigenvalue weighted by atomic mass is 9.85. The highest BCUT2D eigenvalue weighted by atomic mass is 31.2. The van der Waals surface area contributed by atoms with Gasteiger partial charge in [-0.3, -0.25) is 18.6 Å². The van der Waals surface area contributed by atoms with Crippen molar-refractivity contribution in [3.63, 3.8) is 0 Å². The van der Waals surface area contributed by atoms with E-state index in [2.05, 4.69) is 19.9 Å². The van der Waals surface area contributed by atoms with E-state index in [0.717, 1.165) is 25.7 Å². The van der Waals surface area contributed by atoms with Crippen LogP contribution in [0.25, 0.3) is 0 Å². The van der Waals surface area contributed by atoms with Crippen LogP contribution in [0.1, 0.15) is 174 Å². The first-order valence-electron chi connectivity index (χ1n) is 23.7. The molecule has 358 valence electrons. The van der Waals surface area contributed by atoms with Crippen molar-refractivity contribution in [2.24, 2.45) is 0 Å². The van der Waals surface area contributed by atoms with E-state index in [1.165, 1.54) is 103 Å². The van der Waals surface area contributed by atoms with E-state index < -0.39 is 75.7 Å². The smallest absolute Gasteiger partial charge is 0.462 e. The first-order valence-corrected chi connectivity index (χ1v) is 25.2. The number of rotatable bonds is 38. The Balaban J connectivity index is 2.44. The van der Waals surface area contributed by atoms with Crippen LogP contribution in [0.2, 0.25) is 0 Å². The van der Waals surface area contributed by atoms with E-state index in [9.17, 15) is 44.6 Å². The fraction of sp³-hybridized carbons (Fsp3) is 0.750. The second-order valence-corrected chi connectivity index (χ2v) is 17.8. The van der Waals surface area contributed by atoms with Crippen LogP contribution in [0, 0.1) is 0 Å². The topological polar surface area (TPSA) is 210 Å². The third-order valence-electron chi connectivity index (χ3n) is 10.8. The van der Waals surface area contributed by atoms with Crippen molar-refractivity contribution in [1.82, 2.24) is 0 Å². The molecule has 14 heteroatoms. The van der Waals surface area contributed by atoms with Crippen molar-refractivity contribution in [2.75, 3.05) is 13.2 Å². The van der Waals surface area contributed by atoms with Crippen molar-refractivity contribution < 1.29 is 63.1 Å². The summed E-state index contributed by atoms with van der Waals surface area (Å²) in [6.45, 7) is 3.10. The molecule has 7 unspecified atom stereocenters. The van der Waals surface area contributed by atoms with Crippen LogP contribution < -0.4 is 0 Å². The van der Waals surface area contributed by atoms with Crippen LogP contribution in [0.4, 0.5) is 0 Å². The Hall–Kier alpha value is -2.45. The maximum atomic E-state index is 12.8. The first-order chi connectivity index (χ1) is 29.9.